The number of nitriles is 1. The molecule has 0 radical (unpaired) electrons. The number of nitrogens with two attached hydrogens (primary N) is 1. The number of nitrogens with zero attached hydrogens (tertiary/aromatic N) is 3. The van der Waals surface area contributed by atoms with Crippen molar-refractivity contribution in [3.63, 3.8) is 0 Å². The van der Waals surface area contributed by atoms with Crippen molar-refractivity contribution in [2.24, 2.45) is 11.7 Å². The van der Waals surface area contributed by atoms with Gasteiger partial charge in [0.1, 0.15) is 17.5 Å². The lowest BCUT2D eigenvalue weighted by Gasteiger charge is -2.15. The molecule has 0 aliphatic heterocycles. The topological polar surface area (TPSA) is 93.4 Å². The Kier molecular flexibility index (Phi) is 7.28. The van der Waals surface area contributed by atoms with Crippen LogP contribution in [0.5, 0.6) is 5.75 Å². The average molecular weight is 467 g/mol. The van der Waals surface area contributed by atoms with Gasteiger partial charge in [-0.1, -0.05) is 30.3 Å². The van der Waals surface area contributed by atoms with Crippen LogP contribution in [0.4, 0.5) is 0 Å². The van der Waals surface area contributed by atoms with Crippen LogP contribution in [0.15, 0.2) is 67.0 Å². The second-order valence-electron chi connectivity index (χ2n) is 9.17. The molecule has 0 spiro atoms. The Hall–Kier alpha value is -3.95. The third-order valence-corrected chi connectivity index (χ3v) is 6.04. The summed E-state index contributed by atoms with van der Waals surface area (Å²) in [7, 11) is 0. The first-order chi connectivity index (χ1) is 16.9. The van der Waals surface area contributed by atoms with Gasteiger partial charge in [0.05, 0.1) is 17.4 Å². The Labute approximate surface area is 206 Å². The van der Waals surface area contributed by atoms with Gasteiger partial charge < -0.3 is 14.9 Å². The lowest BCUT2D eigenvalue weighted by Crippen LogP contribution is -2.20. The molecule has 0 saturated heterocycles. The van der Waals surface area contributed by atoms with E-state index in [0.29, 0.717) is 36.3 Å². The summed E-state index contributed by atoms with van der Waals surface area (Å²) in [5.41, 5.74) is 12.1. The Balaban J connectivity index is 1.44. The number of pyridine rings is 1. The average Bonchev–Trinajstić information content (AvgIpc) is 3.29. The van der Waals surface area contributed by atoms with E-state index in [2.05, 4.69) is 43.3 Å². The molecule has 0 bridgehead atoms. The van der Waals surface area contributed by atoms with E-state index in [1.807, 2.05) is 36.7 Å². The normalized spacial score (nSPS) is 12.0. The lowest BCUT2D eigenvalue weighted by molar-refractivity contribution is 0.0962. The number of hydrogen-bond donors (Lipinski definition) is 1. The third kappa shape index (κ3) is 5.59. The van der Waals surface area contributed by atoms with Crippen molar-refractivity contribution >= 4 is 11.4 Å². The molecular weight excluding hydrogens is 436 g/mol. The molecule has 2 aromatic heterocycles. The maximum atomic E-state index is 12.9. The van der Waals surface area contributed by atoms with Crippen molar-refractivity contribution in [2.75, 3.05) is 6.54 Å². The summed E-state index contributed by atoms with van der Waals surface area (Å²) in [5, 5.41) is 9.45. The summed E-state index contributed by atoms with van der Waals surface area (Å²) < 4.78 is 7.69. The van der Waals surface area contributed by atoms with Crippen LogP contribution in [0.3, 0.4) is 0 Å². The van der Waals surface area contributed by atoms with E-state index in [1.165, 1.54) is 0 Å². The summed E-state index contributed by atoms with van der Waals surface area (Å²) in [6, 6.07) is 19.5. The van der Waals surface area contributed by atoms with Crippen LogP contribution in [-0.2, 0) is 6.42 Å². The summed E-state index contributed by atoms with van der Waals surface area (Å²) in [4.78, 5) is 17.7. The van der Waals surface area contributed by atoms with Crippen LogP contribution >= 0.6 is 0 Å². The predicted molar refractivity (Wildman–Crippen MR) is 137 cm³/mol. The van der Waals surface area contributed by atoms with Crippen LogP contribution in [0.2, 0.25) is 0 Å². The molecule has 0 amide bonds. The molecule has 0 unspecified atom stereocenters. The number of rotatable bonds is 9. The molecule has 1 atom stereocenters. The molecule has 0 aliphatic rings. The van der Waals surface area contributed by atoms with E-state index in [4.69, 9.17) is 15.5 Å². The number of Topliss-reactive ketones (excluding diaryl/α,β-unsaturated/α-hetero) is 1. The Bertz CT molecular complexity index is 1380. The summed E-state index contributed by atoms with van der Waals surface area (Å²) in [5.74, 6) is 0.475. The van der Waals surface area contributed by atoms with Gasteiger partial charge in [-0.15, -0.1) is 0 Å². The van der Waals surface area contributed by atoms with Crippen molar-refractivity contribution in [3.05, 3.63) is 89.2 Å². The number of ether oxygens (including phenoxy) is 1. The fourth-order valence-corrected chi connectivity index (χ4v) is 4.20. The van der Waals surface area contributed by atoms with E-state index < -0.39 is 0 Å². The van der Waals surface area contributed by atoms with Gasteiger partial charge in [0.25, 0.3) is 0 Å². The highest BCUT2D eigenvalue weighted by Crippen LogP contribution is 2.25. The monoisotopic (exact) mass is 466 g/mol. The first-order valence-electron chi connectivity index (χ1n) is 11.9. The number of imidazole rings is 1. The molecule has 6 nitrogen and oxygen atoms in total. The van der Waals surface area contributed by atoms with Crippen molar-refractivity contribution in [1.82, 2.24) is 9.38 Å². The van der Waals surface area contributed by atoms with Gasteiger partial charge in [-0.3, -0.25) is 4.79 Å². The quantitative estimate of drug-likeness (QED) is 0.335. The summed E-state index contributed by atoms with van der Waals surface area (Å²) in [6.07, 6.45) is 5.01. The van der Waals surface area contributed by atoms with Crippen LogP contribution in [0.1, 0.15) is 47.3 Å². The van der Waals surface area contributed by atoms with Gasteiger partial charge in [-0.2, -0.15) is 5.26 Å². The van der Waals surface area contributed by atoms with E-state index in [-0.39, 0.29) is 17.8 Å². The molecule has 2 aromatic carbocycles. The molecule has 35 heavy (non-hydrogen) atoms. The van der Waals surface area contributed by atoms with Gasteiger partial charge in [0.15, 0.2) is 5.78 Å². The molecule has 4 rings (SSSR count). The number of hydrogen-bond acceptors (Lipinski definition) is 5. The fraction of sp³-hybridized carbons (Fsp3) is 0.276. The zero-order chi connectivity index (χ0) is 24.9. The molecule has 2 N–H and O–H groups in total. The molecule has 6 heteroatoms. The highest BCUT2D eigenvalue weighted by atomic mass is 16.5. The summed E-state index contributed by atoms with van der Waals surface area (Å²) in [6.45, 7) is 6.26. The Morgan fingerprint density at radius 2 is 1.94 bits per heavy atom. The standard InChI is InChI=1S/C29H30N4O2/c1-19(2)35-28-11-10-24(15-25(28)17-31)27(34)14-22(16-30)13-21-6-8-23(9-7-21)26-18-33-12-4-5-20(3)29(33)32-26/h4-12,15,18-19,22H,13-14,16,30H2,1-3H3/t22-/m1/s1. The Morgan fingerprint density at radius 3 is 2.60 bits per heavy atom. The van der Waals surface area contributed by atoms with Crippen LogP contribution in [0, 0.1) is 24.2 Å². The maximum absolute atomic E-state index is 12.9. The SMILES string of the molecule is Cc1cccn2cc(-c3ccc(C[C@@H](CN)CC(=O)c4ccc(OC(C)C)c(C#N)c4)cc3)nc12. The number of aromatic nitrogens is 2. The molecule has 178 valence electrons. The second kappa shape index (κ2) is 10.5. The van der Waals surface area contributed by atoms with Crippen LogP contribution < -0.4 is 10.5 Å². The molecule has 0 aliphatic carbocycles. The van der Waals surface area contributed by atoms with Crippen LogP contribution in [0.25, 0.3) is 16.9 Å². The van der Waals surface area contributed by atoms with E-state index >= 15 is 0 Å². The number of benzene rings is 2. The van der Waals surface area contributed by atoms with Gasteiger partial charge in [-0.25, -0.2) is 4.98 Å². The van der Waals surface area contributed by atoms with Crippen molar-refractivity contribution in [2.45, 2.75) is 39.7 Å². The van der Waals surface area contributed by atoms with Crippen molar-refractivity contribution < 1.29 is 9.53 Å². The molecule has 4 aromatic rings. The second-order valence-corrected chi connectivity index (χ2v) is 9.17. The largest absolute Gasteiger partial charge is 0.490 e. The predicted octanol–water partition coefficient (Wildman–Crippen LogP) is 5.36. The van der Waals surface area contributed by atoms with Gasteiger partial charge in [0.2, 0.25) is 0 Å². The third-order valence-electron chi connectivity index (χ3n) is 6.04. The highest BCUT2D eigenvalue weighted by molar-refractivity contribution is 5.96. The Morgan fingerprint density at radius 1 is 1.17 bits per heavy atom. The number of fused-ring (bicyclic) bond motifs is 1. The summed E-state index contributed by atoms with van der Waals surface area (Å²) >= 11 is 0. The molecule has 2 heterocycles. The maximum Gasteiger partial charge on any atom is 0.163 e. The van der Waals surface area contributed by atoms with Crippen molar-refractivity contribution in [1.29, 1.82) is 5.26 Å². The molecular formula is C29H30N4O2. The van der Waals surface area contributed by atoms with E-state index in [1.54, 1.807) is 18.2 Å². The van der Waals surface area contributed by atoms with Gasteiger partial charge in [-0.05, 0) is 75.0 Å². The fourth-order valence-electron chi connectivity index (χ4n) is 4.20. The zero-order valence-electron chi connectivity index (χ0n) is 20.4. The van der Waals surface area contributed by atoms with Crippen molar-refractivity contribution in [3.8, 4) is 23.1 Å². The number of aryl methyl sites for hydroxylation is 1. The minimum atomic E-state index is -0.0477. The molecule has 0 fully saturated rings. The first-order valence-corrected chi connectivity index (χ1v) is 11.9. The zero-order valence-corrected chi connectivity index (χ0v) is 20.4. The van der Waals surface area contributed by atoms with E-state index in [9.17, 15) is 10.1 Å². The lowest BCUT2D eigenvalue weighted by atomic mass is 9.91. The van der Waals surface area contributed by atoms with E-state index in [0.717, 1.165) is 28.0 Å². The minimum absolute atomic E-state index is 0.00307. The minimum Gasteiger partial charge on any atom is -0.490 e. The highest BCUT2D eigenvalue weighted by Gasteiger charge is 2.17. The van der Waals surface area contributed by atoms with Gasteiger partial charge >= 0.3 is 0 Å². The first kappa shape index (κ1) is 24.2. The molecule has 0 saturated carbocycles. The number of carbonyl (C=O) groups excluding carboxylic acids is 1. The van der Waals surface area contributed by atoms with Gasteiger partial charge in [0, 0.05) is 29.9 Å². The number of ketones is 1. The number of carbonyl (C=O) groups is 1. The van der Waals surface area contributed by atoms with Crippen LogP contribution in [-0.4, -0.2) is 27.8 Å². The smallest absolute Gasteiger partial charge is 0.163 e.